The minimum absolute atomic E-state index is 0.0380. The molecule has 21 heavy (non-hydrogen) atoms. The van der Waals surface area contributed by atoms with Gasteiger partial charge in [-0.05, 0) is 18.7 Å². The predicted octanol–water partition coefficient (Wildman–Crippen LogP) is 2.40. The van der Waals surface area contributed by atoms with Gasteiger partial charge in [-0.2, -0.15) is 0 Å². The van der Waals surface area contributed by atoms with Crippen molar-refractivity contribution in [1.29, 1.82) is 0 Å². The molecule has 0 aliphatic carbocycles. The fraction of sp³-hybridized carbons (Fsp3) is 0.375. The van der Waals surface area contributed by atoms with Crippen molar-refractivity contribution in [3.05, 3.63) is 36.5 Å². The van der Waals surface area contributed by atoms with Crippen LogP contribution in [0.15, 0.2) is 36.5 Å². The largest absolute Gasteiger partial charge is 0.322 e. The molecule has 0 saturated carbocycles. The van der Waals surface area contributed by atoms with Crippen molar-refractivity contribution in [1.82, 2.24) is 14.8 Å². The number of benzene rings is 1. The van der Waals surface area contributed by atoms with Crippen molar-refractivity contribution in [2.45, 2.75) is 6.92 Å². The number of rotatable bonds is 2. The van der Waals surface area contributed by atoms with Gasteiger partial charge in [0.2, 0.25) is 0 Å². The summed E-state index contributed by atoms with van der Waals surface area (Å²) in [5.74, 6) is 0. The Bertz CT molecular complexity index is 630. The molecule has 2 amide bonds. The minimum atomic E-state index is -0.0380. The van der Waals surface area contributed by atoms with Crippen LogP contribution < -0.4 is 5.32 Å². The van der Waals surface area contributed by atoms with Gasteiger partial charge in [-0.3, -0.25) is 4.98 Å². The summed E-state index contributed by atoms with van der Waals surface area (Å²) in [6, 6.07) is 9.70. The quantitative estimate of drug-likeness (QED) is 0.921. The van der Waals surface area contributed by atoms with Gasteiger partial charge in [0.15, 0.2) is 0 Å². The van der Waals surface area contributed by atoms with Crippen molar-refractivity contribution in [2.75, 3.05) is 38.0 Å². The molecule has 5 heteroatoms. The number of pyridine rings is 1. The van der Waals surface area contributed by atoms with E-state index in [4.69, 9.17) is 0 Å². The fourth-order valence-corrected chi connectivity index (χ4v) is 2.67. The first kappa shape index (κ1) is 13.8. The number of amides is 2. The molecule has 2 aromatic rings. The predicted molar refractivity (Wildman–Crippen MR) is 84.4 cm³/mol. The summed E-state index contributed by atoms with van der Waals surface area (Å²) in [6.45, 7) is 6.63. The number of nitrogens with zero attached hydrogens (tertiary/aromatic N) is 3. The van der Waals surface area contributed by atoms with E-state index in [9.17, 15) is 4.79 Å². The van der Waals surface area contributed by atoms with Gasteiger partial charge in [-0.1, -0.05) is 25.1 Å². The normalized spacial score (nSPS) is 16.1. The highest BCUT2D eigenvalue weighted by Gasteiger charge is 2.20. The molecular weight excluding hydrogens is 264 g/mol. The molecular formula is C16H20N4O. The van der Waals surface area contributed by atoms with E-state index in [0.717, 1.165) is 49.3 Å². The van der Waals surface area contributed by atoms with Gasteiger partial charge >= 0.3 is 6.03 Å². The van der Waals surface area contributed by atoms with Gasteiger partial charge in [-0.15, -0.1) is 0 Å². The first-order chi connectivity index (χ1) is 10.3. The van der Waals surface area contributed by atoms with Crippen LogP contribution in [0, 0.1) is 0 Å². The Kier molecular flexibility index (Phi) is 4.01. The molecule has 1 aliphatic rings. The second-order valence-electron chi connectivity index (χ2n) is 5.23. The average molecular weight is 284 g/mol. The summed E-state index contributed by atoms with van der Waals surface area (Å²) >= 11 is 0. The van der Waals surface area contributed by atoms with Crippen LogP contribution in [0.1, 0.15) is 6.92 Å². The van der Waals surface area contributed by atoms with Crippen molar-refractivity contribution in [3.8, 4) is 0 Å². The first-order valence-corrected chi connectivity index (χ1v) is 7.40. The van der Waals surface area contributed by atoms with Gasteiger partial charge in [-0.25, -0.2) is 4.79 Å². The van der Waals surface area contributed by atoms with E-state index in [1.54, 1.807) is 6.20 Å². The molecule has 1 aromatic heterocycles. The molecule has 1 N–H and O–H groups in total. The van der Waals surface area contributed by atoms with Crippen LogP contribution in [0.3, 0.4) is 0 Å². The molecule has 1 aliphatic heterocycles. The molecule has 1 fully saturated rings. The summed E-state index contributed by atoms with van der Waals surface area (Å²) in [4.78, 5) is 21.0. The fourth-order valence-electron chi connectivity index (χ4n) is 2.67. The molecule has 5 nitrogen and oxygen atoms in total. The number of para-hydroxylation sites is 1. The van der Waals surface area contributed by atoms with Crippen molar-refractivity contribution in [2.24, 2.45) is 0 Å². The molecule has 0 radical (unpaired) electrons. The number of fused-ring (bicyclic) bond motifs is 1. The third-order valence-electron chi connectivity index (χ3n) is 3.98. The summed E-state index contributed by atoms with van der Waals surface area (Å²) in [7, 11) is 0. The molecule has 0 spiro atoms. The van der Waals surface area contributed by atoms with Crippen LogP contribution in [0.5, 0.6) is 0 Å². The van der Waals surface area contributed by atoms with Crippen LogP contribution in [0.2, 0.25) is 0 Å². The van der Waals surface area contributed by atoms with Crippen LogP contribution in [-0.4, -0.2) is 53.5 Å². The van der Waals surface area contributed by atoms with Crippen molar-refractivity contribution >= 4 is 22.6 Å². The molecule has 0 atom stereocenters. The van der Waals surface area contributed by atoms with Gasteiger partial charge in [0.05, 0.1) is 11.2 Å². The summed E-state index contributed by atoms with van der Waals surface area (Å²) < 4.78 is 0. The highest BCUT2D eigenvalue weighted by Crippen LogP contribution is 2.21. The van der Waals surface area contributed by atoms with E-state index in [1.165, 1.54) is 0 Å². The van der Waals surface area contributed by atoms with Crippen LogP contribution in [0.25, 0.3) is 10.9 Å². The Morgan fingerprint density at radius 3 is 2.71 bits per heavy atom. The molecule has 0 unspecified atom stereocenters. The van der Waals surface area contributed by atoms with Crippen molar-refractivity contribution < 1.29 is 4.79 Å². The number of anilines is 1. The van der Waals surface area contributed by atoms with Crippen LogP contribution in [-0.2, 0) is 0 Å². The molecule has 1 aromatic carbocycles. The van der Waals surface area contributed by atoms with E-state index in [-0.39, 0.29) is 6.03 Å². The molecule has 1 saturated heterocycles. The number of hydrogen-bond donors (Lipinski definition) is 1. The van der Waals surface area contributed by atoms with E-state index in [0.29, 0.717) is 0 Å². The second kappa shape index (κ2) is 6.10. The number of nitrogens with one attached hydrogen (secondary N) is 1. The summed E-state index contributed by atoms with van der Waals surface area (Å²) in [6.07, 6.45) is 1.75. The molecule has 2 heterocycles. The topological polar surface area (TPSA) is 48.5 Å². The number of likely N-dealkylation sites (N-methyl/N-ethyl adjacent to an activating group) is 1. The third kappa shape index (κ3) is 2.97. The maximum atomic E-state index is 12.4. The first-order valence-electron chi connectivity index (χ1n) is 7.40. The zero-order chi connectivity index (χ0) is 14.7. The van der Waals surface area contributed by atoms with Gasteiger partial charge in [0, 0.05) is 37.8 Å². The maximum absolute atomic E-state index is 12.4. The van der Waals surface area contributed by atoms with E-state index < -0.39 is 0 Å². The number of piperazine rings is 1. The Balaban J connectivity index is 1.72. The Hall–Kier alpha value is -2.14. The smallest absolute Gasteiger partial charge is 0.321 e. The lowest BCUT2D eigenvalue weighted by molar-refractivity contribution is 0.151. The number of carbonyl (C=O) groups excluding carboxylic acids is 1. The Morgan fingerprint density at radius 2 is 1.95 bits per heavy atom. The third-order valence-corrected chi connectivity index (χ3v) is 3.98. The number of hydrogen-bond acceptors (Lipinski definition) is 3. The lowest BCUT2D eigenvalue weighted by Gasteiger charge is -2.34. The van der Waals surface area contributed by atoms with Crippen LogP contribution in [0.4, 0.5) is 10.5 Å². The highest BCUT2D eigenvalue weighted by atomic mass is 16.2. The van der Waals surface area contributed by atoms with Gasteiger partial charge in [0.25, 0.3) is 0 Å². The average Bonchev–Trinajstić information content (AvgIpc) is 2.55. The lowest BCUT2D eigenvalue weighted by atomic mass is 10.2. The Labute approximate surface area is 124 Å². The summed E-state index contributed by atoms with van der Waals surface area (Å²) in [5.41, 5.74) is 1.61. The molecule has 0 bridgehead atoms. The van der Waals surface area contributed by atoms with E-state index in [1.807, 2.05) is 35.2 Å². The zero-order valence-corrected chi connectivity index (χ0v) is 12.2. The highest BCUT2D eigenvalue weighted by molar-refractivity contribution is 5.99. The SMILES string of the molecule is CCN1CCN(C(=O)Nc2cccc3cccnc23)CC1. The standard InChI is InChI=1S/C16H20N4O/c1-2-19-9-11-20(12-10-19)16(21)18-14-7-3-5-13-6-4-8-17-15(13)14/h3-8H,2,9-12H2,1H3,(H,18,21). The summed E-state index contributed by atoms with van der Waals surface area (Å²) in [5, 5.41) is 4.03. The van der Waals surface area contributed by atoms with E-state index >= 15 is 0 Å². The molecule has 110 valence electrons. The zero-order valence-electron chi connectivity index (χ0n) is 12.2. The van der Waals surface area contributed by atoms with Crippen LogP contribution >= 0.6 is 0 Å². The maximum Gasteiger partial charge on any atom is 0.321 e. The monoisotopic (exact) mass is 284 g/mol. The Morgan fingerprint density at radius 1 is 1.19 bits per heavy atom. The van der Waals surface area contributed by atoms with E-state index in [2.05, 4.69) is 22.1 Å². The lowest BCUT2D eigenvalue weighted by Crippen LogP contribution is -2.49. The molecule has 3 rings (SSSR count). The van der Waals surface area contributed by atoms with Crippen molar-refractivity contribution in [3.63, 3.8) is 0 Å². The number of urea groups is 1. The number of aromatic nitrogens is 1. The minimum Gasteiger partial charge on any atom is -0.322 e. The number of carbonyl (C=O) groups is 1. The second-order valence-corrected chi connectivity index (χ2v) is 5.23. The van der Waals surface area contributed by atoms with Gasteiger partial charge in [0.1, 0.15) is 0 Å². The van der Waals surface area contributed by atoms with Gasteiger partial charge < -0.3 is 15.1 Å².